The number of carbonyl (C=O) groups excluding carboxylic acids is 6. The smallest absolute Gasteiger partial charge is 0.312 e. The standard InChI is InChI=1S/C25H43N5O6S/c1-5-27-23(34)17(10-9-12-28-25(26)36)14-18(31)22(16(2)3)29-20(32)11-7-6-8-13-30-21(33)15-19(37-4)24(30)35/h16-17,19,22H,5-15H2,1-4H3,(H,27,34)(H,29,32)(H3,26,28,36)/t17-,19?,22+/m1/s1. The minimum atomic E-state index is -0.712. The van der Waals surface area contributed by atoms with Gasteiger partial charge in [0.2, 0.25) is 23.6 Å². The van der Waals surface area contributed by atoms with Crippen LogP contribution in [0.25, 0.3) is 0 Å². The highest BCUT2D eigenvalue weighted by Crippen LogP contribution is 2.23. The highest BCUT2D eigenvalue weighted by Gasteiger charge is 2.37. The molecule has 0 aliphatic carbocycles. The van der Waals surface area contributed by atoms with E-state index in [1.165, 1.54) is 16.7 Å². The Morgan fingerprint density at radius 3 is 2.35 bits per heavy atom. The molecule has 1 aliphatic heterocycles. The van der Waals surface area contributed by atoms with Crippen molar-refractivity contribution >= 4 is 47.2 Å². The first kappa shape index (κ1) is 32.4. The van der Waals surface area contributed by atoms with Crippen molar-refractivity contribution in [1.82, 2.24) is 20.9 Å². The fourth-order valence-electron chi connectivity index (χ4n) is 4.24. The van der Waals surface area contributed by atoms with E-state index in [-0.39, 0.29) is 59.8 Å². The van der Waals surface area contributed by atoms with Gasteiger partial charge in [-0.05, 0) is 44.8 Å². The molecule has 1 rings (SSSR count). The monoisotopic (exact) mass is 541 g/mol. The van der Waals surface area contributed by atoms with E-state index in [0.717, 1.165) is 0 Å². The Kier molecular flexibility index (Phi) is 14.9. The number of thioether (sulfide) groups is 1. The van der Waals surface area contributed by atoms with Crippen LogP contribution in [-0.4, -0.2) is 77.5 Å². The number of Topliss-reactive ketones (excluding diaryl/α,β-unsaturated/α-hetero) is 1. The Balaban J connectivity index is 2.52. The van der Waals surface area contributed by atoms with Crippen LogP contribution in [-0.2, 0) is 24.0 Å². The third kappa shape index (κ3) is 11.5. The third-order valence-corrected chi connectivity index (χ3v) is 7.24. The maximum absolute atomic E-state index is 13.1. The van der Waals surface area contributed by atoms with E-state index in [9.17, 15) is 28.8 Å². The first-order valence-corrected chi connectivity index (χ1v) is 14.3. The predicted molar refractivity (Wildman–Crippen MR) is 142 cm³/mol. The summed E-state index contributed by atoms with van der Waals surface area (Å²) < 4.78 is 0. The van der Waals surface area contributed by atoms with E-state index in [2.05, 4.69) is 16.0 Å². The second-order valence-electron chi connectivity index (χ2n) is 9.61. The molecule has 0 aromatic rings. The molecule has 0 aromatic heterocycles. The van der Waals surface area contributed by atoms with Gasteiger partial charge >= 0.3 is 6.03 Å². The number of nitrogens with zero attached hydrogens (tertiary/aromatic N) is 1. The van der Waals surface area contributed by atoms with Gasteiger partial charge in [0.15, 0.2) is 5.78 Å². The quantitative estimate of drug-likeness (QED) is 0.150. The SMILES string of the molecule is CCNC(=O)[C@H](CCCNC(N)=O)CC(=O)[C@@H](NC(=O)CCCCCN1C(=O)CC(SC)C1=O)C(C)C. The lowest BCUT2D eigenvalue weighted by Crippen LogP contribution is -2.46. The summed E-state index contributed by atoms with van der Waals surface area (Å²) in [6.07, 6.45) is 5.03. The third-order valence-electron chi connectivity index (χ3n) is 6.30. The van der Waals surface area contributed by atoms with Gasteiger partial charge in [0.1, 0.15) is 0 Å². The molecule has 1 saturated heterocycles. The molecule has 0 aromatic carbocycles. The number of primary amides is 1. The van der Waals surface area contributed by atoms with Gasteiger partial charge in [-0.2, -0.15) is 11.8 Å². The normalized spacial score (nSPS) is 17.0. The zero-order valence-corrected chi connectivity index (χ0v) is 23.3. The first-order chi connectivity index (χ1) is 17.5. The Labute approximate surface area is 223 Å². The average molecular weight is 542 g/mol. The molecule has 0 bridgehead atoms. The lowest BCUT2D eigenvalue weighted by molar-refractivity contribution is -0.138. The van der Waals surface area contributed by atoms with Crippen LogP contribution in [0, 0.1) is 11.8 Å². The molecule has 12 heteroatoms. The summed E-state index contributed by atoms with van der Waals surface area (Å²) in [6.45, 7) is 6.58. The number of likely N-dealkylation sites (tertiary alicyclic amines) is 1. The number of amides is 6. The van der Waals surface area contributed by atoms with E-state index in [0.29, 0.717) is 51.7 Å². The maximum Gasteiger partial charge on any atom is 0.312 e. The molecule has 1 heterocycles. The topological polar surface area (TPSA) is 168 Å². The molecule has 0 radical (unpaired) electrons. The van der Waals surface area contributed by atoms with Gasteiger partial charge in [0, 0.05) is 44.8 Å². The molecule has 1 unspecified atom stereocenters. The molecule has 0 spiro atoms. The fraction of sp³-hybridized carbons (Fsp3) is 0.760. The molecular weight excluding hydrogens is 498 g/mol. The van der Waals surface area contributed by atoms with Crippen molar-refractivity contribution in [3.63, 3.8) is 0 Å². The summed E-state index contributed by atoms with van der Waals surface area (Å²) in [5.41, 5.74) is 5.06. The number of hydrogen-bond acceptors (Lipinski definition) is 7. The van der Waals surface area contributed by atoms with Crippen molar-refractivity contribution in [2.45, 2.75) is 83.4 Å². The summed E-state index contributed by atoms with van der Waals surface area (Å²) in [5.74, 6) is -1.69. The molecular formula is C25H43N5O6S. The molecule has 6 amide bonds. The highest BCUT2D eigenvalue weighted by molar-refractivity contribution is 8.00. The molecule has 1 aliphatic rings. The number of ketones is 1. The Hall–Kier alpha value is -2.63. The fourth-order valence-corrected chi connectivity index (χ4v) is 4.88. The number of hydrogen-bond donors (Lipinski definition) is 4. The van der Waals surface area contributed by atoms with Crippen molar-refractivity contribution in [3.8, 4) is 0 Å². The van der Waals surface area contributed by atoms with Gasteiger partial charge in [0.25, 0.3) is 0 Å². The largest absolute Gasteiger partial charge is 0.356 e. The van der Waals surface area contributed by atoms with Crippen molar-refractivity contribution in [2.24, 2.45) is 17.6 Å². The Morgan fingerprint density at radius 2 is 1.78 bits per heavy atom. The summed E-state index contributed by atoms with van der Waals surface area (Å²) in [5, 5.41) is 7.75. The number of nitrogens with one attached hydrogen (secondary N) is 3. The first-order valence-electron chi connectivity index (χ1n) is 13.0. The second kappa shape index (κ2) is 17.0. The lowest BCUT2D eigenvalue weighted by Gasteiger charge is -2.24. The summed E-state index contributed by atoms with van der Waals surface area (Å²) in [6, 6.07) is -1.35. The van der Waals surface area contributed by atoms with Crippen molar-refractivity contribution < 1.29 is 28.8 Å². The number of urea groups is 1. The molecule has 37 heavy (non-hydrogen) atoms. The number of nitrogens with two attached hydrogens (primary N) is 1. The van der Waals surface area contributed by atoms with E-state index >= 15 is 0 Å². The zero-order chi connectivity index (χ0) is 28.0. The Bertz CT molecular complexity index is 821. The van der Waals surface area contributed by atoms with Gasteiger partial charge in [-0.3, -0.25) is 28.9 Å². The lowest BCUT2D eigenvalue weighted by atomic mass is 9.89. The van der Waals surface area contributed by atoms with Crippen LogP contribution in [0.1, 0.15) is 72.1 Å². The highest BCUT2D eigenvalue weighted by atomic mass is 32.2. The second-order valence-corrected chi connectivity index (χ2v) is 10.6. The molecule has 3 atom stereocenters. The van der Waals surface area contributed by atoms with Crippen LogP contribution in [0.3, 0.4) is 0 Å². The van der Waals surface area contributed by atoms with Crippen LogP contribution >= 0.6 is 11.8 Å². The number of imide groups is 1. The van der Waals surface area contributed by atoms with E-state index in [4.69, 9.17) is 5.73 Å². The summed E-state index contributed by atoms with van der Waals surface area (Å²) in [4.78, 5) is 74.4. The van der Waals surface area contributed by atoms with Gasteiger partial charge in [-0.15, -0.1) is 0 Å². The number of carbonyl (C=O) groups is 6. The molecule has 1 fully saturated rings. The van der Waals surface area contributed by atoms with Crippen LogP contribution in [0.5, 0.6) is 0 Å². The van der Waals surface area contributed by atoms with Crippen LogP contribution in [0.2, 0.25) is 0 Å². The van der Waals surface area contributed by atoms with Crippen LogP contribution in [0.15, 0.2) is 0 Å². The molecule has 0 saturated carbocycles. The maximum atomic E-state index is 13.1. The van der Waals surface area contributed by atoms with Crippen molar-refractivity contribution in [2.75, 3.05) is 25.9 Å². The van der Waals surface area contributed by atoms with E-state index in [1.807, 2.05) is 20.1 Å². The van der Waals surface area contributed by atoms with E-state index in [1.54, 1.807) is 6.92 Å². The van der Waals surface area contributed by atoms with Crippen molar-refractivity contribution in [1.29, 1.82) is 0 Å². The predicted octanol–water partition coefficient (Wildman–Crippen LogP) is 1.34. The molecule has 210 valence electrons. The van der Waals surface area contributed by atoms with E-state index < -0.39 is 18.0 Å². The van der Waals surface area contributed by atoms with Gasteiger partial charge in [-0.25, -0.2) is 4.79 Å². The number of unbranched alkanes of at least 4 members (excludes halogenated alkanes) is 2. The minimum absolute atomic E-state index is 0.0134. The molecule has 5 N–H and O–H groups in total. The Morgan fingerprint density at radius 1 is 1.08 bits per heavy atom. The van der Waals surface area contributed by atoms with Crippen LogP contribution < -0.4 is 21.7 Å². The van der Waals surface area contributed by atoms with Gasteiger partial charge in [-0.1, -0.05) is 20.3 Å². The molecule has 11 nitrogen and oxygen atoms in total. The average Bonchev–Trinajstić information content (AvgIpc) is 3.11. The number of rotatable bonds is 18. The van der Waals surface area contributed by atoms with Gasteiger partial charge in [0.05, 0.1) is 11.3 Å². The zero-order valence-electron chi connectivity index (χ0n) is 22.5. The van der Waals surface area contributed by atoms with Crippen molar-refractivity contribution in [3.05, 3.63) is 0 Å². The summed E-state index contributed by atoms with van der Waals surface area (Å²) in [7, 11) is 0. The van der Waals surface area contributed by atoms with Crippen LogP contribution in [0.4, 0.5) is 4.79 Å². The minimum Gasteiger partial charge on any atom is -0.356 e. The van der Waals surface area contributed by atoms with Gasteiger partial charge < -0.3 is 21.7 Å². The summed E-state index contributed by atoms with van der Waals surface area (Å²) >= 11 is 1.38.